The van der Waals surface area contributed by atoms with Crippen molar-refractivity contribution in [2.45, 2.75) is 13.8 Å². The van der Waals surface area contributed by atoms with Gasteiger partial charge in [-0.2, -0.15) is 27.0 Å². The second-order valence-electron chi connectivity index (χ2n) is 14.2. The molecule has 0 atom stereocenters. The van der Waals surface area contributed by atoms with Gasteiger partial charge in [0, 0.05) is 39.3 Å². The minimum atomic E-state index is -5.05. The van der Waals surface area contributed by atoms with Crippen LogP contribution in [0.2, 0.25) is 0 Å². The van der Waals surface area contributed by atoms with Crippen molar-refractivity contribution in [3.63, 3.8) is 0 Å². The number of nitrogen functional groups attached to an aromatic ring is 1. The molecule has 2 amide bonds. The number of fused-ring (bicyclic) bond motifs is 2. The zero-order valence-corrected chi connectivity index (χ0v) is 34.8. The fourth-order valence-electron chi connectivity index (χ4n) is 6.55. The number of hydrogen-bond acceptors (Lipinski definition) is 14. The predicted molar refractivity (Wildman–Crippen MR) is 239 cm³/mol. The van der Waals surface area contributed by atoms with Crippen LogP contribution < -0.4 is 27.2 Å². The monoisotopic (exact) mass is 903 g/mol. The van der Waals surface area contributed by atoms with Gasteiger partial charge in [-0.1, -0.05) is 18.2 Å². The number of nitrogens with two attached hydrogens (primary N) is 1. The van der Waals surface area contributed by atoms with Crippen molar-refractivity contribution in [1.29, 1.82) is 0 Å². The number of anilines is 5. The number of carbonyl (C=O) groups excluding carboxylic acids is 4. The number of aromatic carboxylic acids is 1. The Balaban J connectivity index is 1.08. The Morgan fingerprint density at radius 2 is 1.08 bits per heavy atom. The van der Waals surface area contributed by atoms with Crippen LogP contribution in [-0.2, 0) is 20.2 Å². The largest absolute Gasteiger partial charge is 0.478 e. The lowest BCUT2D eigenvalue weighted by Crippen LogP contribution is -2.27. The molecule has 0 aliphatic heterocycles. The Morgan fingerprint density at radius 3 is 1.56 bits per heavy atom. The normalized spacial score (nSPS) is 14.8. The summed E-state index contributed by atoms with van der Waals surface area (Å²) in [6, 6.07) is 22.6. The minimum Gasteiger partial charge on any atom is -0.478 e. The molecule has 0 fully saturated rings. The number of carboxylic acid groups (broad SMARTS) is 1. The van der Waals surface area contributed by atoms with Crippen LogP contribution in [0, 0.1) is 13.8 Å². The Hall–Kier alpha value is -8.11. The summed E-state index contributed by atoms with van der Waals surface area (Å²) in [5, 5.41) is 22.6. The van der Waals surface area contributed by atoms with Gasteiger partial charge < -0.3 is 21.5 Å². The Morgan fingerprint density at radius 1 is 0.594 bits per heavy atom. The molecule has 5 aromatic carbocycles. The average Bonchev–Trinajstić information content (AvgIpc) is 3.23. The molecule has 21 heteroatoms. The van der Waals surface area contributed by atoms with Gasteiger partial charge in [0.05, 0.1) is 16.9 Å². The highest BCUT2D eigenvalue weighted by molar-refractivity contribution is 7.91. The van der Waals surface area contributed by atoms with Crippen LogP contribution in [0.15, 0.2) is 117 Å². The zero-order chi connectivity index (χ0) is 46.2. The van der Waals surface area contributed by atoms with E-state index in [1.165, 1.54) is 84.9 Å². The van der Waals surface area contributed by atoms with Gasteiger partial charge in [0.25, 0.3) is 32.1 Å². The summed E-state index contributed by atoms with van der Waals surface area (Å²) in [6.07, 6.45) is 2.01. The molecule has 0 heterocycles. The maximum atomic E-state index is 13.6. The van der Waals surface area contributed by atoms with Crippen LogP contribution in [0.3, 0.4) is 0 Å². The number of rotatable bonds is 11. The van der Waals surface area contributed by atoms with E-state index in [2.05, 4.69) is 31.7 Å². The number of amides is 2. The molecule has 324 valence electrons. The second-order valence-corrected chi connectivity index (χ2v) is 17.0. The molecule has 0 spiro atoms. The van der Waals surface area contributed by atoms with E-state index >= 15 is 0 Å². The van der Waals surface area contributed by atoms with Gasteiger partial charge in [-0.15, -0.1) is 0 Å². The maximum Gasteiger partial charge on any atom is 0.337 e. The molecule has 0 saturated carbocycles. The van der Waals surface area contributed by atoms with Crippen molar-refractivity contribution in [3.05, 3.63) is 157 Å². The van der Waals surface area contributed by atoms with Crippen molar-refractivity contribution < 1.29 is 55.0 Å². The number of hydrogen-bond donors (Lipinski definition) is 8. The number of benzene rings is 5. The number of hydrazone groups is 2. The third-order valence-electron chi connectivity index (χ3n) is 9.90. The van der Waals surface area contributed by atoms with Gasteiger partial charge in [0.15, 0.2) is 11.4 Å². The van der Waals surface area contributed by atoms with Gasteiger partial charge in [0.1, 0.15) is 9.81 Å². The first kappa shape index (κ1) is 44.0. The molecule has 0 bridgehead atoms. The lowest BCUT2D eigenvalue weighted by atomic mass is 9.94. The summed E-state index contributed by atoms with van der Waals surface area (Å²) in [7, 11) is -10.1. The predicted octanol–water partition coefficient (Wildman–Crippen LogP) is 5.87. The number of allylic oxidation sites excluding steroid dienone is 2. The topological polar surface area (TPSA) is 313 Å². The van der Waals surface area contributed by atoms with Crippen LogP contribution in [0.5, 0.6) is 0 Å². The van der Waals surface area contributed by atoms with E-state index < -0.39 is 70.8 Å². The van der Waals surface area contributed by atoms with Gasteiger partial charge in [-0.25, -0.2) is 4.79 Å². The van der Waals surface area contributed by atoms with E-state index in [0.717, 1.165) is 17.7 Å². The molecule has 7 rings (SSSR count). The van der Waals surface area contributed by atoms with Crippen molar-refractivity contribution in [3.8, 4) is 0 Å². The first-order valence-corrected chi connectivity index (χ1v) is 21.4. The zero-order valence-electron chi connectivity index (χ0n) is 33.2. The second kappa shape index (κ2) is 17.0. The SMILES string of the molecule is Cc1ccc(C(=O)Nc2ccc3c(c2)C=C(S(=O)(=O)O)/C(=N/Nc2ccc(C(=O)Nc4ccc5c(c4)C=C(S(=O)(=O)O)/C(=N/Nc4ccccc4C(=O)O)C5=O)cc2C)C3=O)cc1N. The Bertz CT molecular complexity index is 3270. The van der Waals surface area contributed by atoms with E-state index in [9.17, 15) is 55.0 Å². The van der Waals surface area contributed by atoms with Gasteiger partial charge >= 0.3 is 5.97 Å². The van der Waals surface area contributed by atoms with Crippen molar-refractivity contribution in [1.82, 2.24) is 0 Å². The third-order valence-corrected chi connectivity index (χ3v) is 11.6. The Kier molecular flexibility index (Phi) is 11.7. The van der Waals surface area contributed by atoms with E-state index in [-0.39, 0.29) is 61.7 Å². The van der Waals surface area contributed by atoms with E-state index in [0.29, 0.717) is 11.3 Å². The number of carbonyl (C=O) groups is 5. The summed E-state index contributed by atoms with van der Waals surface area (Å²) in [4.78, 5) is 63.2. The number of nitrogens with zero attached hydrogens (tertiary/aromatic N) is 2. The first-order valence-electron chi connectivity index (χ1n) is 18.6. The van der Waals surface area contributed by atoms with Gasteiger partial charge in [-0.05, 0) is 127 Å². The third kappa shape index (κ3) is 9.07. The molecule has 64 heavy (non-hydrogen) atoms. The van der Waals surface area contributed by atoms with Crippen LogP contribution >= 0.6 is 0 Å². The molecule has 2 aliphatic carbocycles. The highest BCUT2D eigenvalue weighted by Gasteiger charge is 2.35. The standard InChI is InChI=1S/C43H33N7O12S2/c1-21-7-8-24(18-32(21)44)42(54)46-28-11-13-29-26(17-28)19-35(63(57,58)59)37(39(29)51)49-47-33-14-9-23(15-22(33)2)41(53)45-27-10-12-30-25(16-27)20-36(64(60,61)62)38(40(30)52)50-48-34-6-4-3-5-31(34)43(55)56/h3-20,47-48H,44H2,1-2H3,(H,45,53)(H,46,54)(H,55,56)(H,57,58,59)(H,60,61,62)/b49-37-,50-38-. The fraction of sp³-hybridized carbons (Fsp3) is 0.0465. The summed E-state index contributed by atoms with van der Waals surface area (Å²) in [5.41, 5.74) is 11.9. The van der Waals surface area contributed by atoms with Crippen molar-refractivity contribution >= 4 is 102 Å². The van der Waals surface area contributed by atoms with Crippen molar-refractivity contribution in [2.24, 2.45) is 10.2 Å². The van der Waals surface area contributed by atoms with Gasteiger partial charge in [0.2, 0.25) is 11.6 Å². The van der Waals surface area contributed by atoms with Crippen LogP contribution in [0.1, 0.15) is 74.0 Å². The summed E-state index contributed by atoms with van der Waals surface area (Å²) in [5.74, 6) is -4.27. The van der Waals surface area contributed by atoms with Crippen molar-refractivity contribution in [2.75, 3.05) is 27.2 Å². The van der Waals surface area contributed by atoms with Crippen LogP contribution in [0.25, 0.3) is 12.2 Å². The molecule has 5 aromatic rings. The number of Topliss-reactive ketones (excluding diaryl/α,β-unsaturated/α-hetero) is 2. The molecule has 19 nitrogen and oxygen atoms in total. The minimum absolute atomic E-state index is 0.00431. The molecule has 0 unspecified atom stereocenters. The van der Waals surface area contributed by atoms with Crippen LogP contribution in [-0.4, -0.2) is 71.8 Å². The molecular weight excluding hydrogens is 871 g/mol. The molecule has 0 radical (unpaired) electrons. The number of nitrogens with one attached hydrogen (secondary N) is 4. The molecular formula is C43H33N7O12S2. The molecule has 9 N–H and O–H groups in total. The maximum absolute atomic E-state index is 13.6. The van der Waals surface area contributed by atoms with Crippen LogP contribution in [0.4, 0.5) is 28.4 Å². The lowest BCUT2D eigenvalue weighted by Gasteiger charge is -2.18. The molecule has 2 aliphatic rings. The highest BCUT2D eigenvalue weighted by Crippen LogP contribution is 2.31. The van der Waals surface area contributed by atoms with Gasteiger partial charge in [-0.3, -0.25) is 39.1 Å². The average molecular weight is 904 g/mol. The van der Waals surface area contributed by atoms with E-state index in [4.69, 9.17) is 5.73 Å². The van der Waals surface area contributed by atoms with E-state index in [1.54, 1.807) is 26.0 Å². The molecule has 0 saturated heterocycles. The first-order chi connectivity index (χ1) is 30.2. The summed E-state index contributed by atoms with van der Waals surface area (Å²) >= 11 is 0. The summed E-state index contributed by atoms with van der Waals surface area (Å²) in [6.45, 7) is 3.37. The smallest absolute Gasteiger partial charge is 0.337 e. The number of ketones is 2. The summed E-state index contributed by atoms with van der Waals surface area (Å²) < 4.78 is 69.8. The Labute approximate surface area is 363 Å². The number of carboxylic acids is 1. The quantitative estimate of drug-likeness (QED) is 0.0436. The highest BCUT2D eigenvalue weighted by atomic mass is 32.2. The lowest BCUT2D eigenvalue weighted by molar-refractivity contribution is 0.0697. The fourth-order valence-corrected chi connectivity index (χ4v) is 7.87. The van der Waals surface area contributed by atoms with E-state index in [1.807, 2.05) is 0 Å². The number of para-hydroxylation sites is 1. The number of aryl methyl sites for hydroxylation is 2. The molecule has 0 aromatic heterocycles.